The van der Waals surface area contributed by atoms with Crippen molar-refractivity contribution in [3.8, 4) is 5.75 Å². The number of carbonyl (C=O) groups is 1. The molecule has 3 aromatic rings. The molecule has 0 N–H and O–H groups in total. The van der Waals surface area contributed by atoms with E-state index in [0.29, 0.717) is 6.42 Å². The first-order valence-electron chi connectivity index (χ1n) is 11.4. The van der Waals surface area contributed by atoms with Gasteiger partial charge >= 0.3 is 0 Å². The van der Waals surface area contributed by atoms with E-state index in [1.165, 1.54) is 16.7 Å². The number of ether oxygens (including phenoxy) is 1. The number of methoxy groups -OCH3 is 1. The van der Waals surface area contributed by atoms with Crippen molar-refractivity contribution >= 4 is 22.9 Å². The maximum atomic E-state index is 13.3. The van der Waals surface area contributed by atoms with Crippen molar-refractivity contribution in [3.63, 3.8) is 0 Å². The number of nitrogens with zero attached hydrogens (tertiary/aromatic N) is 2. The number of thiophene rings is 1. The molecule has 2 aliphatic rings. The Balaban J connectivity index is 1.33. The molecule has 1 aromatic heterocycles. The zero-order chi connectivity index (χ0) is 22.1. The van der Waals surface area contributed by atoms with Gasteiger partial charge in [-0.05, 0) is 73.6 Å². The van der Waals surface area contributed by atoms with Gasteiger partial charge in [0.25, 0.3) is 0 Å². The van der Waals surface area contributed by atoms with Gasteiger partial charge in [0, 0.05) is 29.1 Å². The lowest BCUT2D eigenvalue weighted by Crippen LogP contribution is -2.46. The zero-order valence-electron chi connectivity index (χ0n) is 18.8. The summed E-state index contributed by atoms with van der Waals surface area (Å²) in [5.41, 5.74) is 5.12. The van der Waals surface area contributed by atoms with Crippen LogP contribution in [0.15, 0.2) is 60.0 Å². The number of amides is 1. The number of likely N-dealkylation sites (tertiary alicyclic amines) is 1. The van der Waals surface area contributed by atoms with Crippen molar-refractivity contribution in [3.05, 3.63) is 81.5 Å². The van der Waals surface area contributed by atoms with Gasteiger partial charge in [-0.1, -0.05) is 35.9 Å². The Morgan fingerprint density at radius 3 is 2.69 bits per heavy atom. The first kappa shape index (κ1) is 21.2. The average molecular weight is 447 g/mol. The van der Waals surface area contributed by atoms with Gasteiger partial charge in [0.05, 0.1) is 13.5 Å². The highest BCUT2D eigenvalue weighted by atomic mass is 32.1. The van der Waals surface area contributed by atoms with Gasteiger partial charge in [-0.25, -0.2) is 0 Å². The van der Waals surface area contributed by atoms with E-state index < -0.39 is 0 Å². The molecule has 5 heteroatoms. The molecular weight excluding hydrogens is 416 g/mol. The van der Waals surface area contributed by atoms with Gasteiger partial charge in [-0.3, -0.25) is 9.69 Å². The number of fused-ring (bicyclic) bond motifs is 2. The van der Waals surface area contributed by atoms with Crippen molar-refractivity contribution in [2.75, 3.05) is 31.6 Å². The monoisotopic (exact) mass is 446 g/mol. The number of carbonyl (C=O) groups excluding carboxylic acids is 1. The maximum Gasteiger partial charge on any atom is 0.232 e. The Morgan fingerprint density at radius 2 is 1.94 bits per heavy atom. The van der Waals surface area contributed by atoms with E-state index in [0.717, 1.165) is 55.3 Å². The topological polar surface area (TPSA) is 32.8 Å². The summed E-state index contributed by atoms with van der Waals surface area (Å²) in [6, 6.07) is 19.1. The molecule has 0 atom stereocenters. The summed E-state index contributed by atoms with van der Waals surface area (Å²) in [6.07, 6.45) is 2.65. The summed E-state index contributed by atoms with van der Waals surface area (Å²) in [5.74, 6) is 1.13. The fraction of sp³-hybridized carbons (Fsp3) is 0.370. The molecule has 5 rings (SSSR count). The molecule has 1 fully saturated rings. The molecule has 1 saturated heterocycles. The summed E-state index contributed by atoms with van der Waals surface area (Å²) in [4.78, 5) is 19.0. The van der Waals surface area contributed by atoms with E-state index in [9.17, 15) is 4.79 Å². The molecule has 3 heterocycles. The van der Waals surface area contributed by atoms with Crippen LogP contribution in [-0.2, 0) is 23.2 Å². The van der Waals surface area contributed by atoms with Crippen LogP contribution in [0, 0.1) is 6.92 Å². The molecule has 0 unspecified atom stereocenters. The number of piperidine rings is 1. The van der Waals surface area contributed by atoms with Crippen LogP contribution in [0.3, 0.4) is 0 Å². The number of rotatable bonds is 5. The van der Waals surface area contributed by atoms with E-state index in [-0.39, 0.29) is 11.3 Å². The molecule has 32 heavy (non-hydrogen) atoms. The van der Waals surface area contributed by atoms with E-state index in [4.69, 9.17) is 4.74 Å². The smallest absolute Gasteiger partial charge is 0.232 e. The zero-order valence-corrected chi connectivity index (χ0v) is 19.7. The van der Waals surface area contributed by atoms with Crippen molar-refractivity contribution in [2.24, 2.45) is 0 Å². The van der Waals surface area contributed by atoms with Crippen LogP contribution in [0.25, 0.3) is 0 Å². The first-order chi connectivity index (χ1) is 15.6. The predicted molar refractivity (Wildman–Crippen MR) is 131 cm³/mol. The number of anilines is 1. The summed E-state index contributed by atoms with van der Waals surface area (Å²) in [5, 5.41) is 2.05. The SMILES string of the molecule is COc1cccc(CN2CCC3(CC2)CN(C(=O)Cc2cccs2)c2ccc(C)cc23)c1. The predicted octanol–water partition coefficient (Wildman–Crippen LogP) is 5.19. The Kier molecular flexibility index (Phi) is 5.78. The molecule has 1 spiro atoms. The number of aryl methyl sites for hydroxylation is 1. The van der Waals surface area contributed by atoms with Gasteiger partial charge in [0.1, 0.15) is 5.75 Å². The minimum Gasteiger partial charge on any atom is -0.497 e. The fourth-order valence-electron chi connectivity index (χ4n) is 5.26. The van der Waals surface area contributed by atoms with Crippen LogP contribution >= 0.6 is 11.3 Å². The lowest BCUT2D eigenvalue weighted by Gasteiger charge is -2.40. The Bertz CT molecular complexity index is 1100. The van der Waals surface area contributed by atoms with Crippen molar-refractivity contribution in [2.45, 2.75) is 38.1 Å². The standard InChI is InChI=1S/C27H30N2O2S/c1-20-8-9-25-24(15-20)27(19-29(25)26(30)17-23-7-4-14-32-23)10-12-28(13-11-27)18-21-5-3-6-22(16-21)31-2/h3-9,14-16H,10-13,17-19H2,1-2H3. The van der Waals surface area contributed by atoms with Crippen LogP contribution in [0.2, 0.25) is 0 Å². The number of benzene rings is 2. The molecule has 166 valence electrons. The van der Waals surface area contributed by atoms with Crippen LogP contribution in [-0.4, -0.2) is 37.6 Å². The lowest BCUT2D eigenvalue weighted by atomic mass is 9.74. The Hall–Kier alpha value is -2.63. The van der Waals surface area contributed by atoms with Crippen LogP contribution in [0.5, 0.6) is 5.75 Å². The number of hydrogen-bond donors (Lipinski definition) is 0. The Morgan fingerprint density at radius 1 is 1.09 bits per heavy atom. The second kappa shape index (κ2) is 8.72. The molecule has 2 aliphatic heterocycles. The van der Waals surface area contributed by atoms with Gasteiger partial charge in [0.2, 0.25) is 5.91 Å². The third-order valence-electron chi connectivity index (χ3n) is 7.04. The van der Waals surface area contributed by atoms with Gasteiger partial charge in [-0.2, -0.15) is 0 Å². The van der Waals surface area contributed by atoms with Gasteiger partial charge in [0.15, 0.2) is 0 Å². The van der Waals surface area contributed by atoms with E-state index in [2.05, 4.69) is 59.2 Å². The normalized spacial score (nSPS) is 17.5. The molecule has 0 aliphatic carbocycles. The average Bonchev–Trinajstić information content (AvgIpc) is 3.42. The largest absolute Gasteiger partial charge is 0.497 e. The molecule has 1 amide bonds. The minimum atomic E-state index is 0.0668. The second-order valence-electron chi connectivity index (χ2n) is 9.16. The fourth-order valence-corrected chi connectivity index (χ4v) is 5.95. The van der Waals surface area contributed by atoms with Crippen LogP contribution < -0.4 is 9.64 Å². The quantitative estimate of drug-likeness (QED) is 0.541. The summed E-state index contributed by atoms with van der Waals surface area (Å²) >= 11 is 1.66. The third-order valence-corrected chi connectivity index (χ3v) is 7.91. The summed E-state index contributed by atoms with van der Waals surface area (Å²) in [7, 11) is 1.72. The highest BCUT2D eigenvalue weighted by Crippen LogP contribution is 2.47. The highest BCUT2D eigenvalue weighted by molar-refractivity contribution is 7.10. The minimum absolute atomic E-state index is 0.0668. The second-order valence-corrected chi connectivity index (χ2v) is 10.2. The molecular formula is C27H30N2O2S. The maximum absolute atomic E-state index is 13.3. The van der Waals surface area contributed by atoms with Crippen molar-refractivity contribution in [1.29, 1.82) is 0 Å². The van der Waals surface area contributed by atoms with Crippen molar-refractivity contribution in [1.82, 2.24) is 4.90 Å². The van der Waals surface area contributed by atoms with Crippen molar-refractivity contribution < 1.29 is 9.53 Å². The van der Waals surface area contributed by atoms with Gasteiger partial charge < -0.3 is 9.64 Å². The number of hydrogen-bond acceptors (Lipinski definition) is 4. The highest BCUT2D eigenvalue weighted by Gasteiger charge is 2.46. The third kappa shape index (κ3) is 4.07. The van der Waals surface area contributed by atoms with Crippen LogP contribution in [0.1, 0.15) is 34.4 Å². The summed E-state index contributed by atoms with van der Waals surface area (Å²) in [6.45, 7) is 5.98. The molecule has 0 radical (unpaired) electrons. The molecule has 2 aromatic carbocycles. The lowest BCUT2D eigenvalue weighted by molar-refractivity contribution is -0.118. The molecule has 0 saturated carbocycles. The van der Waals surface area contributed by atoms with E-state index >= 15 is 0 Å². The van der Waals surface area contributed by atoms with E-state index in [1.807, 2.05) is 17.5 Å². The Labute approximate surface area is 194 Å². The first-order valence-corrected chi connectivity index (χ1v) is 12.2. The summed E-state index contributed by atoms with van der Waals surface area (Å²) < 4.78 is 5.39. The van der Waals surface area contributed by atoms with Crippen LogP contribution in [0.4, 0.5) is 5.69 Å². The molecule has 4 nitrogen and oxygen atoms in total. The molecule has 0 bridgehead atoms. The van der Waals surface area contributed by atoms with E-state index in [1.54, 1.807) is 18.4 Å². The van der Waals surface area contributed by atoms with Gasteiger partial charge in [-0.15, -0.1) is 11.3 Å².